The number of benzene rings is 2. The standard InChI is InChI=1S/C16H18BrN3O/c1-3-19-16(21)14-5-4-12(18)9-15(14)20-13-7-10(2)6-11(17)8-13/h4-9,20H,3,18H2,1-2H3,(H,19,21). The highest BCUT2D eigenvalue weighted by atomic mass is 79.9. The number of carbonyl (C=O) groups is 1. The highest BCUT2D eigenvalue weighted by molar-refractivity contribution is 9.10. The Bertz CT molecular complexity index is 650. The summed E-state index contributed by atoms with van der Waals surface area (Å²) < 4.78 is 0.980. The van der Waals surface area contributed by atoms with Gasteiger partial charge >= 0.3 is 0 Å². The van der Waals surface area contributed by atoms with Gasteiger partial charge in [0.2, 0.25) is 0 Å². The third kappa shape index (κ3) is 3.98. The molecule has 0 unspecified atom stereocenters. The molecule has 0 aliphatic rings. The number of nitrogens with one attached hydrogen (secondary N) is 2. The van der Waals surface area contributed by atoms with Crippen molar-refractivity contribution in [3.63, 3.8) is 0 Å². The molecule has 0 atom stereocenters. The van der Waals surface area contributed by atoms with Gasteiger partial charge in [0, 0.05) is 22.4 Å². The van der Waals surface area contributed by atoms with E-state index in [1.165, 1.54) is 0 Å². The molecule has 0 saturated carbocycles. The molecule has 0 heterocycles. The van der Waals surface area contributed by atoms with Gasteiger partial charge in [-0.25, -0.2) is 0 Å². The summed E-state index contributed by atoms with van der Waals surface area (Å²) in [5.74, 6) is -0.119. The zero-order valence-electron chi connectivity index (χ0n) is 12.0. The van der Waals surface area contributed by atoms with E-state index in [2.05, 4.69) is 26.6 Å². The molecule has 0 saturated heterocycles. The summed E-state index contributed by atoms with van der Waals surface area (Å²) in [6.07, 6.45) is 0. The Morgan fingerprint density at radius 3 is 2.67 bits per heavy atom. The first kappa shape index (κ1) is 15.4. The van der Waals surface area contributed by atoms with Crippen molar-refractivity contribution >= 4 is 38.9 Å². The number of nitrogens with two attached hydrogens (primary N) is 1. The van der Waals surface area contributed by atoms with Gasteiger partial charge in [-0.3, -0.25) is 4.79 Å². The van der Waals surface area contributed by atoms with Crippen LogP contribution < -0.4 is 16.4 Å². The molecule has 5 heteroatoms. The van der Waals surface area contributed by atoms with E-state index < -0.39 is 0 Å². The molecular weight excluding hydrogens is 330 g/mol. The van der Waals surface area contributed by atoms with E-state index in [1.54, 1.807) is 18.2 Å². The molecule has 4 nitrogen and oxygen atoms in total. The van der Waals surface area contributed by atoms with Gasteiger partial charge in [0.1, 0.15) is 0 Å². The summed E-state index contributed by atoms with van der Waals surface area (Å²) in [6.45, 7) is 4.48. The smallest absolute Gasteiger partial charge is 0.253 e. The molecule has 2 rings (SSSR count). The van der Waals surface area contributed by atoms with Crippen LogP contribution in [0.25, 0.3) is 0 Å². The molecule has 4 N–H and O–H groups in total. The highest BCUT2D eigenvalue weighted by Gasteiger charge is 2.11. The minimum atomic E-state index is -0.119. The van der Waals surface area contributed by atoms with E-state index in [0.29, 0.717) is 23.5 Å². The van der Waals surface area contributed by atoms with Crippen LogP contribution in [0.5, 0.6) is 0 Å². The summed E-state index contributed by atoms with van der Waals surface area (Å²) in [6, 6.07) is 11.2. The fraction of sp³-hybridized carbons (Fsp3) is 0.188. The lowest BCUT2D eigenvalue weighted by atomic mass is 10.1. The summed E-state index contributed by atoms with van der Waals surface area (Å²) in [7, 11) is 0. The maximum absolute atomic E-state index is 12.1. The van der Waals surface area contributed by atoms with Crippen LogP contribution in [0.3, 0.4) is 0 Å². The summed E-state index contributed by atoms with van der Waals surface area (Å²) in [4.78, 5) is 12.1. The monoisotopic (exact) mass is 347 g/mol. The molecule has 0 spiro atoms. The first-order chi connectivity index (χ1) is 9.99. The first-order valence-electron chi connectivity index (χ1n) is 6.71. The Kier molecular flexibility index (Phi) is 4.85. The Morgan fingerprint density at radius 2 is 2.00 bits per heavy atom. The minimum absolute atomic E-state index is 0.119. The van der Waals surface area contributed by atoms with Crippen molar-refractivity contribution in [2.75, 3.05) is 17.6 Å². The average Bonchev–Trinajstić information content (AvgIpc) is 2.37. The van der Waals surface area contributed by atoms with Gasteiger partial charge in [0.15, 0.2) is 0 Å². The maximum atomic E-state index is 12.1. The van der Waals surface area contributed by atoms with Crippen molar-refractivity contribution in [3.05, 3.63) is 52.0 Å². The Balaban J connectivity index is 2.38. The lowest BCUT2D eigenvalue weighted by Gasteiger charge is -2.13. The highest BCUT2D eigenvalue weighted by Crippen LogP contribution is 2.26. The van der Waals surface area contributed by atoms with Crippen molar-refractivity contribution in [2.45, 2.75) is 13.8 Å². The van der Waals surface area contributed by atoms with Gasteiger partial charge in [-0.15, -0.1) is 0 Å². The van der Waals surface area contributed by atoms with Crippen molar-refractivity contribution in [1.29, 1.82) is 0 Å². The normalized spacial score (nSPS) is 10.2. The second-order valence-corrected chi connectivity index (χ2v) is 5.72. The van der Waals surface area contributed by atoms with Crippen molar-refractivity contribution in [1.82, 2.24) is 5.32 Å². The number of anilines is 3. The number of amides is 1. The van der Waals surface area contributed by atoms with Crippen LogP contribution in [-0.4, -0.2) is 12.5 Å². The molecule has 110 valence electrons. The predicted molar refractivity (Wildman–Crippen MR) is 91.0 cm³/mol. The van der Waals surface area contributed by atoms with Crippen molar-refractivity contribution in [3.8, 4) is 0 Å². The Morgan fingerprint density at radius 1 is 1.24 bits per heavy atom. The number of rotatable bonds is 4. The maximum Gasteiger partial charge on any atom is 0.253 e. The van der Waals surface area contributed by atoms with Crippen molar-refractivity contribution < 1.29 is 4.79 Å². The Hall–Kier alpha value is -2.01. The fourth-order valence-electron chi connectivity index (χ4n) is 2.08. The quantitative estimate of drug-likeness (QED) is 0.736. The molecule has 21 heavy (non-hydrogen) atoms. The SMILES string of the molecule is CCNC(=O)c1ccc(N)cc1Nc1cc(C)cc(Br)c1. The number of hydrogen-bond donors (Lipinski definition) is 3. The van der Waals surface area contributed by atoms with Crippen LogP contribution in [-0.2, 0) is 0 Å². The predicted octanol–water partition coefficient (Wildman–Crippen LogP) is 3.83. The van der Waals surface area contributed by atoms with E-state index in [9.17, 15) is 4.79 Å². The molecule has 0 aromatic heterocycles. The molecule has 0 fully saturated rings. The van der Waals surface area contributed by atoms with Crippen LogP contribution in [0.2, 0.25) is 0 Å². The first-order valence-corrected chi connectivity index (χ1v) is 7.51. The van der Waals surface area contributed by atoms with Crippen molar-refractivity contribution in [2.24, 2.45) is 0 Å². The van der Waals surface area contributed by atoms with Crippen LogP contribution in [0.4, 0.5) is 17.1 Å². The number of aryl methyl sites for hydroxylation is 1. The van der Waals surface area contributed by atoms with Gasteiger partial charge in [-0.2, -0.15) is 0 Å². The molecule has 2 aromatic rings. The summed E-state index contributed by atoms with van der Waals surface area (Å²) in [5, 5.41) is 6.06. The number of carbonyl (C=O) groups excluding carboxylic acids is 1. The molecule has 0 bridgehead atoms. The molecule has 0 aliphatic carbocycles. The van der Waals surface area contributed by atoms with Crippen LogP contribution >= 0.6 is 15.9 Å². The zero-order chi connectivity index (χ0) is 15.4. The molecule has 0 radical (unpaired) electrons. The number of halogens is 1. The molecule has 1 amide bonds. The fourth-order valence-corrected chi connectivity index (χ4v) is 2.69. The third-order valence-electron chi connectivity index (χ3n) is 2.95. The molecule has 2 aromatic carbocycles. The van der Waals surface area contributed by atoms with E-state index >= 15 is 0 Å². The van der Waals surface area contributed by atoms with E-state index in [0.717, 1.165) is 15.7 Å². The molecular formula is C16H18BrN3O. The molecule has 0 aliphatic heterocycles. The summed E-state index contributed by atoms with van der Waals surface area (Å²) in [5.41, 5.74) is 9.73. The van der Waals surface area contributed by atoms with Crippen LogP contribution in [0, 0.1) is 6.92 Å². The van der Waals surface area contributed by atoms with Crippen LogP contribution in [0.15, 0.2) is 40.9 Å². The van der Waals surface area contributed by atoms with E-state index in [4.69, 9.17) is 5.73 Å². The number of nitrogen functional groups attached to an aromatic ring is 1. The van der Waals surface area contributed by atoms with Crippen LogP contribution in [0.1, 0.15) is 22.8 Å². The van der Waals surface area contributed by atoms with Gasteiger partial charge < -0.3 is 16.4 Å². The minimum Gasteiger partial charge on any atom is -0.399 e. The summed E-state index contributed by atoms with van der Waals surface area (Å²) >= 11 is 3.47. The topological polar surface area (TPSA) is 67.2 Å². The Labute approximate surface area is 132 Å². The lowest BCUT2D eigenvalue weighted by molar-refractivity contribution is 0.0956. The van der Waals surface area contributed by atoms with E-state index in [-0.39, 0.29) is 5.91 Å². The van der Waals surface area contributed by atoms with Gasteiger partial charge in [-0.05, 0) is 55.8 Å². The average molecular weight is 348 g/mol. The van der Waals surface area contributed by atoms with Gasteiger partial charge in [-0.1, -0.05) is 15.9 Å². The third-order valence-corrected chi connectivity index (χ3v) is 3.40. The van der Waals surface area contributed by atoms with E-state index in [1.807, 2.05) is 32.0 Å². The second-order valence-electron chi connectivity index (χ2n) is 4.81. The second kappa shape index (κ2) is 6.63. The largest absolute Gasteiger partial charge is 0.399 e. The lowest BCUT2D eigenvalue weighted by Crippen LogP contribution is -2.23. The zero-order valence-corrected chi connectivity index (χ0v) is 13.6. The van der Waals surface area contributed by atoms with Gasteiger partial charge in [0.25, 0.3) is 5.91 Å². The number of hydrogen-bond acceptors (Lipinski definition) is 3. The van der Waals surface area contributed by atoms with Gasteiger partial charge in [0.05, 0.1) is 11.3 Å².